The fourth-order valence-electron chi connectivity index (χ4n) is 2.14. The van der Waals surface area contributed by atoms with Crippen LogP contribution < -0.4 is 10.2 Å². The molecule has 2 rings (SSSR count). The fourth-order valence-corrected chi connectivity index (χ4v) is 2.71. The third-order valence-corrected chi connectivity index (χ3v) is 3.64. The van der Waals surface area contributed by atoms with Crippen molar-refractivity contribution in [3.8, 4) is 0 Å². The summed E-state index contributed by atoms with van der Waals surface area (Å²) < 4.78 is 0. The average molecular weight is 283 g/mol. The van der Waals surface area contributed by atoms with Gasteiger partial charge >= 0.3 is 4.87 Å². The van der Waals surface area contributed by atoms with Crippen LogP contribution in [0.4, 0.5) is 0 Å². The number of amides is 2. The van der Waals surface area contributed by atoms with Gasteiger partial charge in [0.05, 0.1) is 6.54 Å². The van der Waals surface area contributed by atoms with Gasteiger partial charge < -0.3 is 15.2 Å². The summed E-state index contributed by atoms with van der Waals surface area (Å²) >= 11 is 1.06. The van der Waals surface area contributed by atoms with Crippen LogP contribution in [0.5, 0.6) is 0 Å². The van der Waals surface area contributed by atoms with Crippen LogP contribution in [0, 0.1) is 5.92 Å². The Hall–Kier alpha value is -1.63. The lowest BCUT2D eigenvalue weighted by molar-refractivity contribution is -0.145. The van der Waals surface area contributed by atoms with Gasteiger partial charge in [-0.25, -0.2) is 0 Å². The fraction of sp³-hybridized carbons (Fsp3) is 0.583. The van der Waals surface area contributed by atoms with E-state index in [0.717, 1.165) is 11.3 Å². The van der Waals surface area contributed by atoms with Crippen LogP contribution >= 0.6 is 11.3 Å². The highest BCUT2D eigenvalue weighted by Gasteiger charge is 2.32. The van der Waals surface area contributed by atoms with Crippen LogP contribution in [0.3, 0.4) is 0 Å². The van der Waals surface area contributed by atoms with Crippen LogP contribution in [-0.4, -0.2) is 34.3 Å². The van der Waals surface area contributed by atoms with Gasteiger partial charge in [-0.3, -0.25) is 14.4 Å². The molecule has 0 aromatic carbocycles. The lowest BCUT2D eigenvalue weighted by Gasteiger charge is -2.32. The second-order valence-corrected chi connectivity index (χ2v) is 5.96. The summed E-state index contributed by atoms with van der Waals surface area (Å²) in [7, 11) is 0. The number of rotatable bonds is 4. The van der Waals surface area contributed by atoms with Crippen LogP contribution in [0.1, 0.15) is 26.0 Å². The number of H-pyrrole nitrogens is 1. The third kappa shape index (κ3) is 3.44. The van der Waals surface area contributed by atoms with Crippen molar-refractivity contribution in [3.05, 3.63) is 20.7 Å². The Morgan fingerprint density at radius 3 is 2.74 bits per heavy atom. The maximum Gasteiger partial charge on any atom is 0.304 e. The highest BCUT2D eigenvalue weighted by Crippen LogP contribution is 2.13. The molecule has 7 heteroatoms. The Labute approximate surface area is 114 Å². The minimum atomic E-state index is -0.452. The zero-order valence-corrected chi connectivity index (χ0v) is 11.8. The van der Waals surface area contributed by atoms with Gasteiger partial charge in [-0.1, -0.05) is 25.2 Å². The van der Waals surface area contributed by atoms with Crippen molar-refractivity contribution in [1.82, 2.24) is 15.2 Å². The Kier molecular flexibility index (Phi) is 4.04. The molecule has 0 aliphatic carbocycles. The van der Waals surface area contributed by atoms with Crippen molar-refractivity contribution in [1.29, 1.82) is 0 Å². The van der Waals surface area contributed by atoms with E-state index in [4.69, 9.17) is 0 Å². The molecular formula is C12H17N3O3S. The second kappa shape index (κ2) is 5.56. The van der Waals surface area contributed by atoms with E-state index in [1.807, 2.05) is 13.8 Å². The standard InChI is InChI=1S/C12H17N3O3S/c1-7(2)3-9-11(17)15(5-10(16)14-9)4-8-6-19-12(18)13-8/h6-7,9H,3-5H2,1-2H3,(H,13,18)(H,14,16). The summed E-state index contributed by atoms with van der Waals surface area (Å²) in [5, 5.41) is 4.40. The molecular weight excluding hydrogens is 266 g/mol. The van der Waals surface area contributed by atoms with Gasteiger partial charge in [0.25, 0.3) is 0 Å². The first-order chi connectivity index (χ1) is 8.95. The molecule has 1 aromatic heterocycles. The normalized spacial score (nSPS) is 19.9. The number of carbonyl (C=O) groups excluding carboxylic acids is 2. The molecule has 0 bridgehead atoms. The Morgan fingerprint density at radius 1 is 1.42 bits per heavy atom. The van der Waals surface area contributed by atoms with Crippen LogP contribution in [-0.2, 0) is 16.1 Å². The first kappa shape index (κ1) is 13.8. The number of aromatic amines is 1. The molecule has 104 valence electrons. The molecule has 1 fully saturated rings. The molecule has 0 saturated carbocycles. The van der Waals surface area contributed by atoms with E-state index in [9.17, 15) is 14.4 Å². The molecule has 2 heterocycles. The molecule has 1 aliphatic rings. The highest BCUT2D eigenvalue weighted by atomic mass is 32.1. The van der Waals surface area contributed by atoms with Gasteiger partial charge in [-0.2, -0.15) is 0 Å². The third-order valence-electron chi connectivity index (χ3n) is 2.92. The maximum absolute atomic E-state index is 12.2. The SMILES string of the molecule is CC(C)CC1NC(=O)CN(Cc2csc(=O)[nH]2)C1=O. The first-order valence-electron chi connectivity index (χ1n) is 6.20. The predicted molar refractivity (Wildman–Crippen MR) is 71.7 cm³/mol. The quantitative estimate of drug-likeness (QED) is 0.834. The molecule has 6 nitrogen and oxygen atoms in total. The number of carbonyl (C=O) groups is 2. The van der Waals surface area contributed by atoms with E-state index in [1.165, 1.54) is 4.90 Å². The lowest BCUT2D eigenvalue weighted by Crippen LogP contribution is -2.57. The van der Waals surface area contributed by atoms with Gasteiger partial charge in [-0.15, -0.1) is 0 Å². The predicted octanol–water partition coefficient (Wildman–Crippen LogP) is 0.309. The molecule has 1 aliphatic heterocycles. The monoisotopic (exact) mass is 283 g/mol. The molecule has 1 aromatic rings. The molecule has 2 amide bonds. The average Bonchev–Trinajstić information content (AvgIpc) is 2.70. The molecule has 0 radical (unpaired) electrons. The van der Waals surface area contributed by atoms with Crippen molar-refractivity contribution in [2.45, 2.75) is 32.9 Å². The Bertz CT molecular complexity index is 534. The number of hydrogen-bond acceptors (Lipinski definition) is 4. The van der Waals surface area contributed by atoms with E-state index in [2.05, 4.69) is 10.3 Å². The maximum atomic E-state index is 12.2. The molecule has 1 unspecified atom stereocenters. The minimum Gasteiger partial charge on any atom is -0.343 e. The summed E-state index contributed by atoms with van der Waals surface area (Å²) in [5.74, 6) is 0.0957. The Balaban J connectivity index is 2.08. The second-order valence-electron chi connectivity index (χ2n) is 5.12. The van der Waals surface area contributed by atoms with Gasteiger partial charge in [-0.05, 0) is 12.3 Å². The van der Waals surface area contributed by atoms with Gasteiger partial charge in [0, 0.05) is 11.1 Å². The number of thiazole rings is 1. The zero-order chi connectivity index (χ0) is 14.0. The topological polar surface area (TPSA) is 82.3 Å². The van der Waals surface area contributed by atoms with Crippen LogP contribution in [0.15, 0.2) is 10.2 Å². The van der Waals surface area contributed by atoms with E-state index < -0.39 is 6.04 Å². The van der Waals surface area contributed by atoms with Crippen LogP contribution in [0.25, 0.3) is 0 Å². The van der Waals surface area contributed by atoms with Gasteiger partial charge in [0.1, 0.15) is 12.6 Å². The summed E-state index contributed by atoms with van der Waals surface area (Å²) in [6.45, 7) is 4.34. The van der Waals surface area contributed by atoms with Crippen LogP contribution in [0.2, 0.25) is 0 Å². The lowest BCUT2D eigenvalue weighted by atomic mass is 10.0. The van der Waals surface area contributed by atoms with E-state index >= 15 is 0 Å². The van der Waals surface area contributed by atoms with Crippen molar-refractivity contribution in [2.75, 3.05) is 6.54 Å². The first-order valence-corrected chi connectivity index (χ1v) is 7.08. The summed E-state index contributed by atoms with van der Waals surface area (Å²) in [6, 6.07) is -0.452. The summed E-state index contributed by atoms with van der Waals surface area (Å²) in [5.41, 5.74) is 0.668. The van der Waals surface area contributed by atoms with E-state index in [0.29, 0.717) is 18.0 Å². The molecule has 19 heavy (non-hydrogen) atoms. The van der Waals surface area contributed by atoms with Gasteiger partial charge in [0.15, 0.2) is 0 Å². The van der Waals surface area contributed by atoms with E-state index in [-0.39, 0.29) is 29.8 Å². The molecule has 1 atom stereocenters. The highest BCUT2D eigenvalue weighted by molar-refractivity contribution is 7.07. The molecule has 1 saturated heterocycles. The number of nitrogens with one attached hydrogen (secondary N) is 2. The molecule has 0 spiro atoms. The van der Waals surface area contributed by atoms with Crippen molar-refractivity contribution in [2.24, 2.45) is 5.92 Å². The zero-order valence-electron chi connectivity index (χ0n) is 10.9. The van der Waals surface area contributed by atoms with E-state index in [1.54, 1.807) is 5.38 Å². The van der Waals surface area contributed by atoms with Gasteiger partial charge in [0.2, 0.25) is 11.8 Å². The smallest absolute Gasteiger partial charge is 0.304 e. The van der Waals surface area contributed by atoms with Crippen molar-refractivity contribution in [3.63, 3.8) is 0 Å². The number of hydrogen-bond donors (Lipinski definition) is 2. The number of piperazine rings is 1. The number of aromatic nitrogens is 1. The Morgan fingerprint density at radius 2 is 2.16 bits per heavy atom. The van der Waals surface area contributed by atoms with Crippen molar-refractivity contribution < 1.29 is 9.59 Å². The number of nitrogens with zero attached hydrogens (tertiary/aromatic N) is 1. The minimum absolute atomic E-state index is 0.0469. The summed E-state index contributed by atoms with van der Waals surface area (Å²) in [4.78, 5) is 38.9. The largest absolute Gasteiger partial charge is 0.343 e. The molecule has 2 N–H and O–H groups in total. The summed E-state index contributed by atoms with van der Waals surface area (Å²) in [6.07, 6.45) is 0.626. The van der Waals surface area contributed by atoms with Crippen molar-refractivity contribution >= 4 is 23.2 Å².